The molecule has 1 aliphatic heterocycles. The van der Waals surface area contributed by atoms with Gasteiger partial charge in [0.15, 0.2) is 5.82 Å². The molecular formula is C21H24F2N6O2. The highest BCUT2D eigenvalue weighted by Crippen LogP contribution is 2.33. The second-order valence-corrected chi connectivity index (χ2v) is 7.61. The first-order chi connectivity index (χ1) is 15.0. The molecule has 10 heteroatoms. The van der Waals surface area contributed by atoms with E-state index in [9.17, 15) is 13.6 Å². The summed E-state index contributed by atoms with van der Waals surface area (Å²) in [4.78, 5) is 17.5. The Labute approximate surface area is 178 Å². The standard InChI is InChI=1S/C21H24F2N6O2/c1-2-15-3-5-16(6-4-15)12-31-20(30)28-9-7-17(21(22,23)13-28)11-25-18-19-27-26-14-29(19)10-8-24-18/h3-6,8,10,14,17H,2,7,9,11-13H2,1H3,(H,24,25)/t17-/m1/s1. The van der Waals surface area contributed by atoms with Crippen molar-refractivity contribution in [1.82, 2.24) is 24.5 Å². The highest BCUT2D eigenvalue weighted by atomic mass is 19.3. The van der Waals surface area contributed by atoms with Gasteiger partial charge in [0, 0.05) is 31.4 Å². The van der Waals surface area contributed by atoms with Crippen LogP contribution in [-0.2, 0) is 17.8 Å². The zero-order valence-electron chi connectivity index (χ0n) is 17.2. The number of alkyl halides is 2. The summed E-state index contributed by atoms with van der Waals surface area (Å²) >= 11 is 0. The maximum absolute atomic E-state index is 14.7. The number of benzene rings is 1. The Bertz CT molecular complexity index is 1040. The highest BCUT2D eigenvalue weighted by molar-refractivity contribution is 5.68. The number of likely N-dealkylation sites (tertiary alicyclic amines) is 1. The fourth-order valence-electron chi connectivity index (χ4n) is 3.60. The molecule has 0 spiro atoms. The summed E-state index contributed by atoms with van der Waals surface area (Å²) in [6.07, 6.45) is 5.08. The van der Waals surface area contributed by atoms with Crippen molar-refractivity contribution in [2.24, 2.45) is 5.92 Å². The van der Waals surface area contributed by atoms with Gasteiger partial charge in [-0.25, -0.2) is 18.6 Å². The summed E-state index contributed by atoms with van der Waals surface area (Å²) in [7, 11) is 0. The molecule has 3 aromatic rings. The second-order valence-electron chi connectivity index (χ2n) is 7.61. The normalized spacial score (nSPS) is 18.2. The lowest BCUT2D eigenvalue weighted by molar-refractivity contribution is -0.101. The number of nitrogens with zero attached hydrogens (tertiary/aromatic N) is 5. The van der Waals surface area contributed by atoms with E-state index in [2.05, 4.69) is 27.4 Å². The lowest BCUT2D eigenvalue weighted by atomic mass is 9.93. The summed E-state index contributed by atoms with van der Waals surface area (Å²) < 4.78 is 36.4. The van der Waals surface area contributed by atoms with Crippen LogP contribution in [0.15, 0.2) is 43.0 Å². The molecule has 164 valence electrons. The predicted molar refractivity (Wildman–Crippen MR) is 110 cm³/mol. The Balaban J connectivity index is 1.30. The first-order valence-electron chi connectivity index (χ1n) is 10.2. The van der Waals surface area contributed by atoms with Gasteiger partial charge < -0.3 is 15.0 Å². The molecule has 1 saturated heterocycles. The molecule has 1 fully saturated rings. The molecule has 1 aromatic carbocycles. The first-order valence-corrected chi connectivity index (χ1v) is 10.2. The van der Waals surface area contributed by atoms with E-state index in [4.69, 9.17) is 4.74 Å². The fraction of sp³-hybridized carbons (Fsp3) is 0.429. The van der Waals surface area contributed by atoms with Gasteiger partial charge in [-0.05, 0) is 24.0 Å². The monoisotopic (exact) mass is 430 g/mol. The number of piperidine rings is 1. The van der Waals surface area contributed by atoms with Crippen LogP contribution < -0.4 is 5.32 Å². The fourth-order valence-corrected chi connectivity index (χ4v) is 3.60. The summed E-state index contributed by atoms with van der Waals surface area (Å²) in [5, 5.41) is 10.7. The number of aromatic nitrogens is 4. The van der Waals surface area contributed by atoms with Crippen LogP contribution in [-0.4, -0.2) is 56.1 Å². The zero-order valence-corrected chi connectivity index (χ0v) is 17.2. The highest BCUT2D eigenvalue weighted by Gasteiger charge is 2.46. The minimum absolute atomic E-state index is 0.0131. The molecular weight excluding hydrogens is 406 g/mol. The lowest BCUT2D eigenvalue weighted by Gasteiger charge is -2.37. The molecule has 4 rings (SSSR count). The summed E-state index contributed by atoms with van der Waals surface area (Å²) in [6.45, 7) is 1.66. The van der Waals surface area contributed by atoms with Gasteiger partial charge in [-0.2, -0.15) is 0 Å². The van der Waals surface area contributed by atoms with Gasteiger partial charge in [0.05, 0.1) is 6.54 Å². The van der Waals surface area contributed by atoms with Crippen molar-refractivity contribution in [3.8, 4) is 0 Å². The SMILES string of the molecule is CCc1ccc(COC(=O)N2CC[C@H](CNc3nccn4cnnc34)C(F)(F)C2)cc1. The van der Waals surface area contributed by atoms with Crippen LogP contribution in [0.3, 0.4) is 0 Å². The molecule has 2 aromatic heterocycles. The Morgan fingerprint density at radius 1 is 1.29 bits per heavy atom. The van der Waals surface area contributed by atoms with E-state index in [1.54, 1.807) is 16.8 Å². The van der Waals surface area contributed by atoms with E-state index >= 15 is 0 Å². The molecule has 0 bridgehead atoms. The van der Waals surface area contributed by atoms with Crippen LogP contribution in [0.5, 0.6) is 0 Å². The Morgan fingerprint density at radius 2 is 2.06 bits per heavy atom. The number of anilines is 1. The third-order valence-electron chi connectivity index (χ3n) is 5.53. The number of hydrogen-bond acceptors (Lipinski definition) is 6. The van der Waals surface area contributed by atoms with E-state index in [0.29, 0.717) is 11.5 Å². The molecule has 31 heavy (non-hydrogen) atoms. The smallest absolute Gasteiger partial charge is 0.410 e. The number of rotatable bonds is 6. The first kappa shape index (κ1) is 21.0. The topological polar surface area (TPSA) is 84.7 Å². The van der Waals surface area contributed by atoms with E-state index in [1.807, 2.05) is 24.3 Å². The van der Waals surface area contributed by atoms with Crippen molar-refractivity contribution in [3.63, 3.8) is 0 Å². The Kier molecular flexibility index (Phi) is 5.97. The summed E-state index contributed by atoms with van der Waals surface area (Å²) in [5.41, 5.74) is 2.48. The van der Waals surface area contributed by atoms with Crippen LogP contribution in [0.1, 0.15) is 24.5 Å². The van der Waals surface area contributed by atoms with Crippen LogP contribution in [0.2, 0.25) is 0 Å². The quantitative estimate of drug-likeness (QED) is 0.645. The number of hydrogen-bond donors (Lipinski definition) is 1. The molecule has 1 N–H and O–H groups in total. The van der Waals surface area contributed by atoms with Gasteiger partial charge in [0.1, 0.15) is 12.9 Å². The maximum Gasteiger partial charge on any atom is 0.410 e. The number of fused-ring (bicyclic) bond motifs is 1. The molecule has 0 unspecified atom stereocenters. The van der Waals surface area contributed by atoms with Gasteiger partial charge in [-0.15, -0.1) is 10.2 Å². The third kappa shape index (κ3) is 4.73. The Hall–Kier alpha value is -3.30. The van der Waals surface area contributed by atoms with E-state index in [-0.39, 0.29) is 26.1 Å². The van der Waals surface area contributed by atoms with Crippen LogP contribution in [0.25, 0.3) is 5.65 Å². The summed E-state index contributed by atoms with van der Waals surface area (Å²) in [5.74, 6) is -3.60. The Morgan fingerprint density at radius 3 is 2.81 bits per heavy atom. The number of carbonyl (C=O) groups excluding carboxylic acids is 1. The molecule has 0 radical (unpaired) electrons. The molecule has 1 aliphatic rings. The molecule has 3 heterocycles. The molecule has 1 amide bonds. The van der Waals surface area contributed by atoms with Gasteiger partial charge in [-0.1, -0.05) is 31.2 Å². The van der Waals surface area contributed by atoms with Crippen LogP contribution in [0, 0.1) is 5.92 Å². The molecule has 8 nitrogen and oxygen atoms in total. The maximum atomic E-state index is 14.7. The van der Waals surface area contributed by atoms with E-state index in [0.717, 1.165) is 16.9 Å². The number of nitrogens with one attached hydrogen (secondary N) is 1. The molecule has 0 saturated carbocycles. The van der Waals surface area contributed by atoms with Crippen molar-refractivity contribution in [2.45, 2.75) is 32.3 Å². The van der Waals surface area contributed by atoms with Crippen LogP contribution >= 0.6 is 0 Å². The van der Waals surface area contributed by atoms with Crippen molar-refractivity contribution < 1.29 is 18.3 Å². The predicted octanol–water partition coefficient (Wildman–Crippen LogP) is 3.39. The van der Waals surface area contributed by atoms with Gasteiger partial charge in [-0.3, -0.25) is 4.40 Å². The molecule has 1 atom stereocenters. The van der Waals surface area contributed by atoms with Crippen molar-refractivity contribution in [1.29, 1.82) is 0 Å². The number of carbonyl (C=O) groups is 1. The van der Waals surface area contributed by atoms with Crippen molar-refractivity contribution in [2.75, 3.05) is 25.0 Å². The van der Waals surface area contributed by atoms with Crippen LogP contribution in [0.4, 0.5) is 19.4 Å². The number of aryl methyl sites for hydroxylation is 1. The third-order valence-corrected chi connectivity index (χ3v) is 5.53. The number of ether oxygens (including phenoxy) is 1. The van der Waals surface area contributed by atoms with Gasteiger partial charge in [0.25, 0.3) is 5.92 Å². The van der Waals surface area contributed by atoms with E-state index in [1.165, 1.54) is 11.9 Å². The van der Waals surface area contributed by atoms with E-state index < -0.39 is 24.5 Å². The minimum Gasteiger partial charge on any atom is -0.445 e. The summed E-state index contributed by atoms with van der Waals surface area (Å²) in [6, 6.07) is 7.68. The average Bonchev–Trinajstić information content (AvgIpc) is 3.26. The lowest BCUT2D eigenvalue weighted by Crippen LogP contribution is -2.52. The largest absolute Gasteiger partial charge is 0.445 e. The van der Waals surface area contributed by atoms with Gasteiger partial charge in [0.2, 0.25) is 5.65 Å². The van der Waals surface area contributed by atoms with Crippen molar-refractivity contribution in [3.05, 3.63) is 54.1 Å². The molecule has 0 aliphatic carbocycles. The van der Waals surface area contributed by atoms with Gasteiger partial charge >= 0.3 is 6.09 Å². The number of amides is 1. The average molecular weight is 430 g/mol. The van der Waals surface area contributed by atoms with Crippen molar-refractivity contribution >= 4 is 17.6 Å². The zero-order chi connectivity index (χ0) is 21.8. The minimum atomic E-state index is -3.05. The second kappa shape index (κ2) is 8.83. The number of halogens is 2.